The fourth-order valence-corrected chi connectivity index (χ4v) is 2.20. The number of aryl methyl sites for hydroxylation is 1. The van der Waals surface area contributed by atoms with Gasteiger partial charge in [-0.2, -0.15) is 0 Å². The number of hydrogen-bond acceptors (Lipinski definition) is 1. The maximum atomic E-state index is 4.24. The van der Waals surface area contributed by atoms with Crippen molar-refractivity contribution in [2.24, 2.45) is 0 Å². The van der Waals surface area contributed by atoms with Gasteiger partial charge >= 0.3 is 0 Å². The number of hydrogen-bond donors (Lipinski definition) is 0. The first-order valence-electron chi connectivity index (χ1n) is 2.90. The Morgan fingerprint density at radius 1 is 1.50 bits per heavy atom. The highest BCUT2D eigenvalue weighted by Gasteiger charge is 1.99. The van der Waals surface area contributed by atoms with Gasteiger partial charge in [0.15, 0.2) is 0 Å². The molecule has 0 saturated heterocycles. The largest absolute Gasteiger partial charge is 0.235 e. The van der Waals surface area contributed by atoms with Crippen molar-refractivity contribution in [3.63, 3.8) is 0 Å². The van der Waals surface area contributed by atoms with Crippen LogP contribution >= 0.6 is 38.5 Å². The third-order valence-corrected chi connectivity index (χ3v) is 2.90. The number of rotatable bonds is 0. The molecule has 0 radical (unpaired) electrons. The van der Waals surface area contributed by atoms with Crippen molar-refractivity contribution in [3.05, 3.63) is 25.5 Å². The van der Waals surface area contributed by atoms with Gasteiger partial charge in [0.1, 0.15) is 8.30 Å². The predicted molar refractivity (Wildman–Crippen MR) is 54.1 cm³/mol. The fourth-order valence-electron chi connectivity index (χ4n) is 0.660. The van der Waals surface area contributed by atoms with E-state index in [0.717, 1.165) is 8.30 Å². The third kappa shape index (κ3) is 1.69. The van der Waals surface area contributed by atoms with Crippen LogP contribution in [0.5, 0.6) is 0 Å². The van der Waals surface area contributed by atoms with Crippen molar-refractivity contribution < 1.29 is 0 Å². The molecule has 0 aliphatic carbocycles. The van der Waals surface area contributed by atoms with E-state index in [0.29, 0.717) is 0 Å². The minimum atomic E-state index is 0.917. The molecule has 0 aliphatic heterocycles. The van der Waals surface area contributed by atoms with Crippen molar-refractivity contribution in [1.29, 1.82) is 0 Å². The van der Waals surface area contributed by atoms with E-state index >= 15 is 0 Å². The third-order valence-electron chi connectivity index (χ3n) is 1.44. The van der Waals surface area contributed by atoms with Gasteiger partial charge in [-0.15, -0.1) is 0 Å². The van der Waals surface area contributed by atoms with E-state index in [4.69, 9.17) is 0 Å². The molecule has 1 heterocycles. The van der Waals surface area contributed by atoms with Gasteiger partial charge in [0.25, 0.3) is 0 Å². The fraction of sp³-hybridized carbons (Fsp3) is 0.286. The summed E-state index contributed by atoms with van der Waals surface area (Å²) in [5.41, 5.74) is 2.55. The lowest BCUT2D eigenvalue weighted by Gasteiger charge is -2.01. The van der Waals surface area contributed by atoms with Gasteiger partial charge in [-0.1, -0.05) is 0 Å². The number of pyridine rings is 1. The molecule has 54 valence electrons. The Morgan fingerprint density at radius 2 is 2.10 bits per heavy atom. The molecule has 0 N–H and O–H groups in total. The highest BCUT2D eigenvalue weighted by Crippen LogP contribution is 2.17. The summed E-state index contributed by atoms with van der Waals surface area (Å²) in [6.07, 6.45) is 0. The van der Waals surface area contributed by atoms with Crippen LogP contribution in [0.25, 0.3) is 0 Å². The topological polar surface area (TPSA) is 12.9 Å². The van der Waals surface area contributed by atoms with E-state index < -0.39 is 0 Å². The van der Waals surface area contributed by atoms with Gasteiger partial charge in [0.2, 0.25) is 0 Å². The van der Waals surface area contributed by atoms with Crippen LogP contribution in [0.3, 0.4) is 0 Å². The van der Waals surface area contributed by atoms with E-state index in [2.05, 4.69) is 57.4 Å². The van der Waals surface area contributed by atoms with Crippen molar-refractivity contribution >= 4 is 38.5 Å². The van der Waals surface area contributed by atoms with Crippen molar-refractivity contribution in [2.45, 2.75) is 13.8 Å². The molecule has 10 heavy (non-hydrogen) atoms. The van der Waals surface area contributed by atoms with Gasteiger partial charge in [-0.05, 0) is 69.6 Å². The lowest BCUT2D eigenvalue weighted by Crippen LogP contribution is -1.90. The molecule has 0 aromatic carbocycles. The molecule has 1 aromatic heterocycles. The maximum Gasteiger partial charge on any atom is 0.107 e. The molecule has 0 aliphatic rings. The van der Waals surface area contributed by atoms with Crippen LogP contribution in [-0.2, 0) is 0 Å². The molecule has 0 fully saturated rings. The van der Waals surface area contributed by atoms with E-state index in [1.165, 1.54) is 11.1 Å². The molecular formula is C7H7BrIN. The second-order valence-electron chi connectivity index (χ2n) is 2.18. The Balaban J connectivity index is 3.31. The molecule has 1 nitrogen and oxygen atoms in total. The number of nitrogens with zero attached hydrogens (tertiary/aromatic N) is 1. The minimum Gasteiger partial charge on any atom is -0.235 e. The van der Waals surface area contributed by atoms with E-state index in [1.807, 2.05) is 6.07 Å². The Hall–Kier alpha value is 0.360. The number of halogens is 2. The van der Waals surface area contributed by atoms with Crippen LogP contribution in [0.2, 0.25) is 0 Å². The van der Waals surface area contributed by atoms with Crippen molar-refractivity contribution in [2.75, 3.05) is 0 Å². The first kappa shape index (κ1) is 8.46. The average molecular weight is 312 g/mol. The van der Waals surface area contributed by atoms with Gasteiger partial charge < -0.3 is 0 Å². The maximum absolute atomic E-state index is 4.24. The highest BCUT2D eigenvalue weighted by atomic mass is 127. The summed E-state index contributed by atoms with van der Waals surface area (Å²) >= 11 is 5.57. The second-order valence-corrected chi connectivity index (χ2v) is 4.01. The molecule has 1 aromatic rings. The van der Waals surface area contributed by atoms with Gasteiger partial charge in [0, 0.05) is 0 Å². The molecule has 0 saturated carbocycles. The van der Waals surface area contributed by atoms with E-state index in [1.54, 1.807) is 0 Å². The quantitative estimate of drug-likeness (QED) is 0.530. The molecular weight excluding hydrogens is 305 g/mol. The summed E-state index contributed by atoms with van der Waals surface area (Å²) in [5, 5.41) is 0. The summed E-state index contributed by atoms with van der Waals surface area (Å²) in [6.45, 7) is 4.17. The SMILES string of the molecule is Cc1cc(Br)nc(I)c1C. The highest BCUT2D eigenvalue weighted by molar-refractivity contribution is 14.1. The Labute approximate surface area is 82.5 Å². The van der Waals surface area contributed by atoms with Gasteiger partial charge in [-0.3, -0.25) is 0 Å². The summed E-state index contributed by atoms with van der Waals surface area (Å²) in [7, 11) is 0. The zero-order valence-corrected chi connectivity index (χ0v) is 9.52. The van der Waals surface area contributed by atoms with Crippen LogP contribution < -0.4 is 0 Å². The Morgan fingerprint density at radius 3 is 2.60 bits per heavy atom. The molecule has 0 amide bonds. The molecule has 0 atom stereocenters. The lowest BCUT2D eigenvalue weighted by atomic mass is 10.2. The average Bonchev–Trinajstić information content (AvgIpc) is 1.82. The molecule has 0 unspecified atom stereocenters. The van der Waals surface area contributed by atoms with Crippen LogP contribution in [-0.4, -0.2) is 4.98 Å². The van der Waals surface area contributed by atoms with Gasteiger partial charge in [-0.25, -0.2) is 4.98 Å². The molecule has 0 bridgehead atoms. The standard InChI is InChI=1S/C7H7BrIN/c1-4-3-6(8)10-7(9)5(4)2/h3H,1-2H3. The van der Waals surface area contributed by atoms with E-state index in [9.17, 15) is 0 Å². The summed E-state index contributed by atoms with van der Waals surface area (Å²) in [5.74, 6) is 0. The summed E-state index contributed by atoms with van der Waals surface area (Å²) in [4.78, 5) is 4.24. The zero-order valence-electron chi connectivity index (χ0n) is 5.78. The Bertz CT molecular complexity index is 237. The van der Waals surface area contributed by atoms with Crippen LogP contribution in [0.1, 0.15) is 11.1 Å². The van der Waals surface area contributed by atoms with E-state index in [-0.39, 0.29) is 0 Å². The van der Waals surface area contributed by atoms with Crippen LogP contribution in [0.4, 0.5) is 0 Å². The summed E-state index contributed by atoms with van der Waals surface area (Å²) in [6, 6.07) is 2.03. The van der Waals surface area contributed by atoms with Crippen LogP contribution in [0.15, 0.2) is 10.7 Å². The first-order valence-corrected chi connectivity index (χ1v) is 4.77. The second kappa shape index (κ2) is 3.17. The summed E-state index contributed by atoms with van der Waals surface area (Å²) < 4.78 is 1.99. The first-order chi connectivity index (χ1) is 4.61. The van der Waals surface area contributed by atoms with Crippen LogP contribution in [0, 0.1) is 17.5 Å². The van der Waals surface area contributed by atoms with Gasteiger partial charge in [0.05, 0.1) is 0 Å². The lowest BCUT2D eigenvalue weighted by molar-refractivity contribution is 1.14. The normalized spacial score (nSPS) is 10.0. The molecule has 0 spiro atoms. The zero-order chi connectivity index (χ0) is 7.72. The Kier molecular flexibility index (Phi) is 2.68. The molecule has 1 rings (SSSR count). The monoisotopic (exact) mass is 311 g/mol. The molecule has 3 heteroatoms. The minimum absolute atomic E-state index is 0.917. The van der Waals surface area contributed by atoms with Crippen molar-refractivity contribution in [3.8, 4) is 0 Å². The van der Waals surface area contributed by atoms with Crippen molar-refractivity contribution in [1.82, 2.24) is 4.98 Å². The smallest absolute Gasteiger partial charge is 0.107 e. The predicted octanol–water partition coefficient (Wildman–Crippen LogP) is 3.07. The number of aromatic nitrogens is 1.